The molecule has 39 heavy (non-hydrogen) atoms. The lowest BCUT2D eigenvalue weighted by atomic mass is 9.98. The van der Waals surface area contributed by atoms with Crippen LogP contribution in [0.4, 0.5) is 9.59 Å². The van der Waals surface area contributed by atoms with E-state index in [1.807, 2.05) is 13.8 Å². The molecule has 12 heteroatoms. The summed E-state index contributed by atoms with van der Waals surface area (Å²) in [7, 11) is 1.37. The Labute approximate surface area is 235 Å². The second-order valence-corrected chi connectivity index (χ2v) is 11.8. The summed E-state index contributed by atoms with van der Waals surface area (Å²) < 4.78 is 0. The molecule has 4 N–H and O–H groups in total. The van der Waals surface area contributed by atoms with Crippen molar-refractivity contribution >= 4 is 35.6 Å². The number of carbonyl (C=O) groups is 4. The van der Waals surface area contributed by atoms with E-state index in [2.05, 4.69) is 10.8 Å². The lowest BCUT2D eigenvalue weighted by Crippen LogP contribution is -2.45. The summed E-state index contributed by atoms with van der Waals surface area (Å²) in [6, 6.07) is 5.07. The Morgan fingerprint density at radius 2 is 1.64 bits per heavy atom. The van der Waals surface area contributed by atoms with Crippen LogP contribution in [-0.4, -0.2) is 69.1 Å². The number of thioether (sulfide) groups is 1. The number of hydrogen-bond donors (Lipinski definition) is 4. The second kappa shape index (κ2) is 17.0. The molecule has 0 saturated heterocycles. The van der Waals surface area contributed by atoms with Gasteiger partial charge in [-0.1, -0.05) is 26.7 Å². The van der Waals surface area contributed by atoms with Gasteiger partial charge in [0.1, 0.15) is 5.75 Å². The van der Waals surface area contributed by atoms with Gasteiger partial charge in [0.05, 0.1) is 11.5 Å². The average Bonchev–Trinajstić information content (AvgIpc) is 2.88. The van der Waals surface area contributed by atoms with E-state index in [4.69, 9.17) is 4.84 Å². The molecule has 6 amide bonds. The van der Waals surface area contributed by atoms with Gasteiger partial charge < -0.3 is 10.4 Å². The predicted molar refractivity (Wildman–Crippen MR) is 149 cm³/mol. The molecular weight excluding hydrogens is 524 g/mol. The van der Waals surface area contributed by atoms with E-state index in [-0.39, 0.29) is 29.7 Å². The summed E-state index contributed by atoms with van der Waals surface area (Å²) in [5.41, 5.74) is 1.65. The van der Waals surface area contributed by atoms with Crippen molar-refractivity contribution in [2.24, 2.45) is 11.8 Å². The van der Waals surface area contributed by atoms with Crippen molar-refractivity contribution in [1.82, 2.24) is 20.8 Å². The summed E-state index contributed by atoms with van der Waals surface area (Å²) in [5.74, 6) is -0.698. The van der Waals surface area contributed by atoms with Crippen LogP contribution in [0.15, 0.2) is 29.2 Å². The van der Waals surface area contributed by atoms with E-state index in [0.717, 1.165) is 16.2 Å². The van der Waals surface area contributed by atoms with Crippen LogP contribution < -0.4 is 10.8 Å². The molecule has 0 saturated carbocycles. The average molecular weight is 569 g/mol. The topological polar surface area (TPSA) is 149 Å². The van der Waals surface area contributed by atoms with Crippen molar-refractivity contribution in [2.75, 3.05) is 19.3 Å². The van der Waals surface area contributed by atoms with Gasteiger partial charge in [0.25, 0.3) is 5.91 Å². The van der Waals surface area contributed by atoms with Crippen LogP contribution >= 0.6 is 11.8 Å². The number of unbranched alkanes of at least 4 members (excludes halogenated alkanes) is 2. The maximum atomic E-state index is 12.9. The molecule has 0 heterocycles. The van der Waals surface area contributed by atoms with Gasteiger partial charge in [0, 0.05) is 30.7 Å². The highest BCUT2D eigenvalue weighted by atomic mass is 32.2. The SMILES string of the molecule is CC(C)CC[C@H](CSc1ccc(O)cc1)C(=O)N(O)C(=O)NCCCCCC(=O)N(C)C(=O)NOC(C)(C)C. The van der Waals surface area contributed by atoms with Crippen molar-refractivity contribution in [3.8, 4) is 5.75 Å². The number of urea groups is 2. The van der Waals surface area contributed by atoms with Crippen LogP contribution in [0, 0.1) is 11.8 Å². The Morgan fingerprint density at radius 1 is 1.00 bits per heavy atom. The third-order valence-electron chi connectivity index (χ3n) is 5.60. The Hall–Kier alpha value is -2.83. The van der Waals surface area contributed by atoms with E-state index >= 15 is 0 Å². The molecule has 0 aliphatic carbocycles. The third-order valence-corrected chi connectivity index (χ3v) is 6.77. The number of amides is 6. The molecule has 1 atom stereocenters. The Morgan fingerprint density at radius 3 is 2.23 bits per heavy atom. The summed E-state index contributed by atoms with van der Waals surface area (Å²) in [6.07, 6.45) is 3.06. The van der Waals surface area contributed by atoms with Crippen LogP contribution in [0.5, 0.6) is 5.75 Å². The first-order chi connectivity index (χ1) is 18.2. The summed E-state index contributed by atoms with van der Waals surface area (Å²) >= 11 is 1.42. The number of benzene rings is 1. The molecule has 1 rings (SSSR count). The third kappa shape index (κ3) is 14.2. The van der Waals surface area contributed by atoms with Crippen LogP contribution in [-0.2, 0) is 14.4 Å². The number of nitrogens with one attached hydrogen (secondary N) is 2. The van der Waals surface area contributed by atoms with Gasteiger partial charge in [-0.15, -0.1) is 16.8 Å². The zero-order valence-corrected chi connectivity index (χ0v) is 24.7. The van der Waals surface area contributed by atoms with Gasteiger partial charge in [0.15, 0.2) is 0 Å². The second-order valence-electron chi connectivity index (χ2n) is 10.7. The van der Waals surface area contributed by atoms with Crippen molar-refractivity contribution in [3.05, 3.63) is 24.3 Å². The molecule has 0 spiro atoms. The van der Waals surface area contributed by atoms with Gasteiger partial charge in [-0.2, -0.15) is 0 Å². The number of aromatic hydroxyl groups is 1. The molecule has 220 valence electrons. The Kier molecular flexibility index (Phi) is 14.9. The normalized spacial score (nSPS) is 12.1. The molecule has 0 fully saturated rings. The number of hydrogen-bond acceptors (Lipinski definition) is 8. The number of phenols is 1. The van der Waals surface area contributed by atoms with Crippen molar-refractivity contribution in [2.45, 2.75) is 83.6 Å². The smallest absolute Gasteiger partial charge is 0.348 e. The fourth-order valence-electron chi connectivity index (χ4n) is 3.22. The highest BCUT2D eigenvalue weighted by molar-refractivity contribution is 7.99. The molecule has 0 bridgehead atoms. The zero-order valence-electron chi connectivity index (χ0n) is 23.9. The Balaban J connectivity index is 2.43. The van der Waals surface area contributed by atoms with Gasteiger partial charge in [0.2, 0.25) is 5.91 Å². The molecule has 0 aliphatic heterocycles. The van der Waals surface area contributed by atoms with Gasteiger partial charge in [-0.25, -0.2) is 15.1 Å². The van der Waals surface area contributed by atoms with Crippen molar-refractivity contribution < 1.29 is 34.3 Å². The summed E-state index contributed by atoms with van der Waals surface area (Å²) in [4.78, 5) is 56.4. The fourth-order valence-corrected chi connectivity index (χ4v) is 4.25. The van der Waals surface area contributed by atoms with Crippen LogP contribution in [0.25, 0.3) is 0 Å². The molecular formula is C27H44N4O7S. The largest absolute Gasteiger partial charge is 0.508 e. The monoisotopic (exact) mass is 568 g/mol. The van der Waals surface area contributed by atoms with E-state index in [9.17, 15) is 29.5 Å². The van der Waals surface area contributed by atoms with Crippen LogP contribution in [0.2, 0.25) is 0 Å². The summed E-state index contributed by atoms with van der Waals surface area (Å²) in [5, 5.41) is 22.4. The Bertz CT molecular complexity index is 935. The number of hydroxylamine groups is 3. The van der Waals surface area contributed by atoms with Gasteiger partial charge in [-0.3, -0.25) is 24.5 Å². The first-order valence-electron chi connectivity index (χ1n) is 13.2. The van der Waals surface area contributed by atoms with E-state index in [1.54, 1.807) is 45.0 Å². The zero-order chi connectivity index (χ0) is 29.6. The molecule has 0 radical (unpaired) electrons. The lowest BCUT2D eigenvalue weighted by Gasteiger charge is -2.22. The molecule has 1 aromatic rings. The lowest BCUT2D eigenvalue weighted by molar-refractivity contribution is -0.157. The number of phenolic OH excluding ortho intramolecular Hbond substituents is 1. The number of imide groups is 2. The van der Waals surface area contributed by atoms with E-state index < -0.39 is 29.5 Å². The predicted octanol–water partition coefficient (Wildman–Crippen LogP) is 4.92. The number of nitrogens with zero attached hydrogens (tertiary/aromatic N) is 2. The van der Waals surface area contributed by atoms with E-state index in [0.29, 0.717) is 37.4 Å². The van der Waals surface area contributed by atoms with Gasteiger partial charge >= 0.3 is 12.1 Å². The minimum atomic E-state index is -0.893. The molecule has 0 aliphatic rings. The van der Waals surface area contributed by atoms with Gasteiger partial charge in [-0.05, 0) is 70.2 Å². The first kappa shape index (κ1) is 34.2. The molecule has 0 aromatic heterocycles. The number of rotatable bonds is 14. The fraction of sp³-hybridized carbons (Fsp3) is 0.630. The van der Waals surface area contributed by atoms with Crippen molar-refractivity contribution in [3.63, 3.8) is 0 Å². The molecule has 11 nitrogen and oxygen atoms in total. The van der Waals surface area contributed by atoms with E-state index in [1.165, 1.54) is 18.8 Å². The minimum absolute atomic E-state index is 0.147. The first-order valence-corrected chi connectivity index (χ1v) is 14.2. The van der Waals surface area contributed by atoms with Crippen molar-refractivity contribution in [1.29, 1.82) is 0 Å². The quantitative estimate of drug-likeness (QED) is 0.107. The highest BCUT2D eigenvalue weighted by Crippen LogP contribution is 2.26. The maximum Gasteiger partial charge on any atom is 0.348 e. The molecule has 1 aromatic carbocycles. The highest BCUT2D eigenvalue weighted by Gasteiger charge is 2.28. The number of carbonyl (C=O) groups excluding carboxylic acids is 4. The minimum Gasteiger partial charge on any atom is -0.508 e. The maximum absolute atomic E-state index is 12.9. The standard InChI is InChI=1S/C27H44N4O7S/c1-19(2)11-12-20(18-39-22-15-13-21(32)14-16-22)24(34)31(37)25(35)28-17-9-7-8-10-23(33)30(6)26(36)29-38-27(3,4)5/h13-16,19-20,32,37H,7-12,17-18H2,1-6H3,(H,28,35)(H,29,36)/t20-/m1/s1. The van der Waals surface area contributed by atoms with Crippen LogP contribution in [0.1, 0.15) is 73.1 Å². The molecule has 0 unspecified atom stereocenters. The summed E-state index contributed by atoms with van der Waals surface area (Å²) in [6.45, 7) is 9.60. The van der Waals surface area contributed by atoms with Crippen LogP contribution in [0.3, 0.4) is 0 Å².